The summed E-state index contributed by atoms with van der Waals surface area (Å²) in [6.45, 7) is 4.52. The summed E-state index contributed by atoms with van der Waals surface area (Å²) in [6.07, 6.45) is 0.925. The highest BCUT2D eigenvalue weighted by Crippen LogP contribution is 2.33. The number of carbonyl (C=O) groups excluding carboxylic acids is 1. The lowest BCUT2D eigenvalue weighted by molar-refractivity contribution is -0.123. The fraction of sp³-hybridized carbons (Fsp3) is 0.467. The Balaban J connectivity index is 2.34. The number of amides is 1. The molecule has 114 valence electrons. The normalized spacial score (nSPS) is 22.9. The van der Waals surface area contributed by atoms with Crippen LogP contribution in [0, 0.1) is 0 Å². The Morgan fingerprint density at radius 3 is 2.57 bits per heavy atom. The van der Waals surface area contributed by atoms with Crippen LogP contribution >= 0.6 is 0 Å². The first-order valence-corrected chi connectivity index (χ1v) is 6.91. The first-order chi connectivity index (χ1) is 10.0. The van der Waals surface area contributed by atoms with Gasteiger partial charge in [-0.1, -0.05) is 13.0 Å². The Labute approximate surface area is 124 Å². The molecule has 1 aromatic carbocycles. The van der Waals surface area contributed by atoms with Gasteiger partial charge in [0.25, 0.3) is 5.91 Å². The van der Waals surface area contributed by atoms with Gasteiger partial charge in [-0.15, -0.1) is 0 Å². The number of aliphatic imine (C=N–C) groups is 1. The predicted octanol–water partition coefficient (Wildman–Crippen LogP) is 1.40. The van der Waals surface area contributed by atoms with Crippen molar-refractivity contribution in [1.82, 2.24) is 10.6 Å². The zero-order chi connectivity index (χ0) is 15.5. The number of rotatable bonds is 5. The van der Waals surface area contributed by atoms with Crippen LogP contribution in [0.5, 0.6) is 11.5 Å². The summed E-state index contributed by atoms with van der Waals surface area (Å²) in [5.41, 5.74) is -0.0779. The van der Waals surface area contributed by atoms with Gasteiger partial charge in [0.15, 0.2) is 17.5 Å². The molecule has 0 saturated carbocycles. The quantitative estimate of drug-likeness (QED) is 0.860. The zero-order valence-corrected chi connectivity index (χ0v) is 12.8. The van der Waals surface area contributed by atoms with Gasteiger partial charge in [-0.25, -0.2) is 0 Å². The first-order valence-electron chi connectivity index (χ1n) is 6.91. The molecule has 6 nitrogen and oxygen atoms in total. The van der Waals surface area contributed by atoms with Crippen molar-refractivity contribution >= 4 is 11.9 Å². The summed E-state index contributed by atoms with van der Waals surface area (Å²) in [5, 5.41) is 5.92. The first kappa shape index (κ1) is 15.2. The number of benzene rings is 1. The topological polar surface area (TPSA) is 72.0 Å². The van der Waals surface area contributed by atoms with E-state index < -0.39 is 5.54 Å². The second kappa shape index (κ2) is 6.03. The van der Waals surface area contributed by atoms with E-state index in [-0.39, 0.29) is 5.91 Å². The summed E-state index contributed by atoms with van der Waals surface area (Å²) in [7, 11) is 3.15. The molecule has 2 N–H and O–H groups in total. The van der Waals surface area contributed by atoms with Crippen LogP contribution in [0.2, 0.25) is 0 Å². The van der Waals surface area contributed by atoms with E-state index in [4.69, 9.17) is 9.47 Å². The molecule has 1 amide bonds. The van der Waals surface area contributed by atoms with E-state index in [1.54, 1.807) is 26.4 Å². The van der Waals surface area contributed by atoms with Crippen LogP contribution in [-0.2, 0) is 10.3 Å². The fourth-order valence-electron chi connectivity index (χ4n) is 2.21. The van der Waals surface area contributed by atoms with Crippen molar-refractivity contribution in [3.05, 3.63) is 23.8 Å². The highest BCUT2D eigenvalue weighted by Gasteiger charge is 2.42. The van der Waals surface area contributed by atoms with Gasteiger partial charge in [0.1, 0.15) is 5.54 Å². The lowest BCUT2D eigenvalue weighted by Crippen LogP contribution is -2.40. The molecular formula is C15H21N3O3. The van der Waals surface area contributed by atoms with E-state index >= 15 is 0 Å². The van der Waals surface area contributed by atoms with Crippen LogP contribution in [0.1, 0.15) is 25.8 Å². The molecule has 0 aromatic heterocycles. The largest absolute Gasteiger partial charge is 0.493 e. The molecule has 0 radical (unpaired) electrons. The summed E-state index contributed by atoms with van der Waals surface area (Å²) in [5.74, 6) is 1.59. The molecule has 1 aromatic rings. The lowest BCUT2D eigenvalue weighted by atomic mass is 9.92. The molecule has 6 heteroatoms. The van der Waals surface area contributed by atoms with Crippen LogP contribution < -0.4 is 20.1 Å². The summed E-state index contributed by atoms with van der Waals surface area (Å²) >= 11 is 0. The minimum absolute atomic E-state index is 0.135. The maximum atomic E-state index is 12.3. The van der Waals surface area contributed by atoms with Gasteiger partial charge in [0, 0.05) is 6.54 Å². The Kier molecular flexibility index (Phi) is 4.35. The molecule has 0 aliphatic carbocycles. The lowest BCUT2D eigenvalue weighted by Gasteiger charge is -2.22. The van der Waals surface area contributed by atoms with Crippen molar-refractivity contribution in [3.8, 4) is 11.5 Å². The molecule has 1 atom stereocenters. The van der Waals surface area contributed by atoms with Gasteiger partial charge in [-0.3, -0.25) is 15.1 Å². The number of nitrogens with zero attached hydrogens (tertiary/aromatic N) is 1. The maximum Gasteiger partial charge on any atom is 0.256 e. The van der Waals surface area contributed by atoms with E-state index in [9.17, 15) is 4.79 Å². The Morgan fingerprint density at radius 1 is 1.24 bits per heavy atom. The van der Waals surface area contributed by atoms with Crippen LogP contribution in [0.25, 0.3) is 0 Å². The zero-order valence-electron chi connectivity index (χ0n) is 12.8. The number of hydrogen-bond acceptors (Lipinski definition) is 4. The summed E-state index contributed by atoms with van der Waals surface area (Å²) < 4.78 is 10.5. The number of hydrogen-bond donors (Lipinski definition) is 2. The van der Waals surface area contributed by atoms with E-state index in [1.165, 1.54) is 0 Å². The molecule has 0 bridgehead atoms. The molecular weight excluding hydrogens is 270 g/mol. The van der Waals surface area contributed by atoms with E-state index in [0.717, 1.165) is 12.0 Å². The molecule has 1 unspecified atom stereocenters. The average Bonchev–Trinajstić information content (AvgIpc) is 2.80. The van der Waals surface area contributed by atoms with Gasteiger partial charge < -0.3 is 14.8 Å². The Bertz CT molecular complexity index is 571. The van der Waals surface area contributed by atoms with Crippen molar-refractivity contribution in [1.29, 1.82) is 0 Å². The molecule has 21 heavy (non-hydrogen) atoms. The van der Waals surface area contributed by atoms with Crippen molar-refractivity contribution in [2.24, 2.45) is 4.99 Å². The van der Waals surface area contributed by atoms with Crippen LogP contribution in [0.4, 0.5) is 0 Å². The Morgan fingerprint density at radius 2 is 1.95 bits per heavy atom. The molecule has 2 rings (SSSR count). The van der Waals surface area contributed by atoms with Crippen LogP contribution in [0.15, 0.2) is 23.2 Å². The number of nitrogens with one attached hydrogen (secondary N) is 2. The van der Waals surface area contributed by atoms with Gasteiger partial charge in [-0.05, 0) is 31.0 Å². The molecule has 0 spiro atoms. The second-order valence-corrected chi connectivity index (χ2v) is 5.00. The van der Waals surface area contributed by atoms with E-state index in [2.05, 4.69) is 15.6 Å². The van der Waals surface area contributed by atoms with Gasteiger partial charge in [0.2, 0.25) is 0 Å². The fourth-order valence-corrected chi connectivity index (χ4v) is 2.21. The second-order valence-electron chi connectivity index (χ2n) is 5.00. The Hall–Kier alpha value is -2.24. The highest BCUT2D eigenvalue weighted by molar-refractivity contribution is 6.09. The van der Waals surface area contributed by atoms with Crippen molar-refractivity contribution in [2.75, 3.05) is 20.8 Å². The molecule has 1 aliphatic rings. The smallest absolute Gasteiger partial charge is 0.256 e. The third kappa shape index (κ3) is 2.79. The van der Waals surface area contributed by atoms with Crippen molar-refractivity contribution in [3.63, 3.8) is 0 Å². The molecule has 1 fully saturated rings. The minimum atomic E-state index is -0.869. The molecule has 1 saturated heterocycles. The number of guanidine groups is 1. The third-order valence-electron chi connectivity index (χ3n) is 3.51. The van der Waals surface area contributed by atoms with E-state index in [1.807, 2.05) is 19.9 Å². The van der Waals surface area contributed by atoms with Gasteiger partial charge in [0.05, 0.1) is 14.2 Å². The van der Waals surface area contributed by atoms with Crippen LogP contribution in [0.3, 0.4) is 0 Å². The van der Waals surface area contributed by atoms with Crippen LogP contribution in [-0.4, -0.2) is 32.6 Å². The summed E-state index contributed by atoms with van der Waals surface area (Å²) in [4.78, 5) is 16.6. The van der Waals surface area contributed by atoms with Gasteiger partial charge >= 0.3 is 0 Å². The number of carbonyl (C=O) groups is 1. The average molecular weight is 291 g/mol. The van der Waals surface area contributed by atoms with Crippen molar-refractivity contribution in [2.45, 2.75) is 25.8 Å². The molecule has 1 aliphatic heterocycles. The number of ether oxygens (including phenoxy) is 2. The third-order valence-corrected chi connectivity index (χ3v) is 3.51. The minimum Gasteiger partial charge on any atom is -0.493 e. The van der Waals surface area contributed by atoms with Crippen molar-refractivity contribution < 1.29 is 14.3 Å². The monoisotopic (exact) mass is 291 g/mol. The predicted molar refractivity (Wildman–Crippen MR) is 80.8 cm³/mol. The molecule has 1 heterocycles. The SMILES string of the molecule is CCCN=C1NC(=O)C(C)(c2ccc(OC)c(OC)c2)N1. The maximum absolute atomic E-state index is 12.3. The van der Waals surface area contributed by atoms with E-state index in [0.29, 0.717) is 24.0 Å². The standard InChI is InChI=1S/C15H21N3O3/c1-5-8-16-14-17-13(19)15(2,18-14)10-6-7-11(20-3)12(9-10)21-4/h6-7,9H,5,8H2,1-4H3,(H2,16,17,18,19). The summed E-state index contributed by atoms with van der Waals surface area (Å²) in [6, 6.07) is 5.43. The number of methoxy groups -OCH3 is 2. The van der Waals surface area contributed by atoms with Gasteiger partial charge in [-0.2, -0.15) is 0 Å². The highest BCUT2D eigenvalue weighted by atomic mass is 16.5.